The Morgan fingerprint density at radius 2 is 1.62 bits per heavy atom. The maximum absolute atomic E-state index is 9.92. The minimum absolute atomic E-state index is 0.297. The monoisotopic (exact) mass is 228 g/mol. The summed E-state index contributed by atoms with van der Waals surface area (Å²) in [7, 11) is 0. The summed E-state index contributed by atoms with van der Waals surface area (Å²) >= 11 is 5.99. The summed E-state index contributed by atoms with van der Waals surface area (Å²) in [5.41, 5.74) is 0. The van der Waals surface area contributed by atoms with E-state index in [1.54, 1.807) is 12.1 Å². The zero-order valence-electron chi connectivity index (χ0n) is 8.44. The lowest BCUT2D eigenvalue weighted by molar-refractivity contribution is 0.482. The van der Waals surface area contributed by atoms with Crippen LogP contribution in [-0.4, -0.2) is 5.11 Å². The van der Waals surface area contributed by atoms with Gasteiger partial charge in [0.2, 0.25) is 0 Å². The van der Waals surface area contributed by atoms with E-state index in [2.05, 4.69) is 0 Å². The van der Waals surface area contributed by atoms with Gasteiger partial charge in [0.25, 0.3) is 0 Å². The van der Waals surface area contributed by atoms with E-state index in [0.717, 1.165) is 21.5 Å². The van der Waals surface area contributed by atoms with E-state index in [1.807, 2.05) is 36.4 Å². The first-order chi connectivity index (χ1) is 7.75. The predicted octanol–water partition coefficient (Wildman–Crippen LogP) is 4.35. The fourth-order valence-electron chi connectivity index (χ4n) is 2.06. The van der Waals surface area contributed by atoms with Gasteiger partial charge in [-0.3, -0.25) is 0 Å². The Hall–Kier alpha value is -1.73. The molecule has 1 N–H and O–H groups in total. The summed E-state index contributed by atoms with van der Waals surface area (Å²) in [6, 6.07) is 15.3. The third-order valence-electron chi connectivity index (χ3n) is 2.80. The van der Waals surface area contributed by atoms with Gasteiger partial charge in [-0.2, -0.15) is 0 Å². The molecule has 2 heteroatoms. The molecule has 3 aromatic rings. The lowest BCUT2D eigenvalue weighted by Gasteiger charge is -2.06. The molecule has 0 unspecified atom stereocenters. The van der Waals surface area contributed by atoms with Gasteiger partial charge in [0.15, 0.2) is 0 Å². The number of phenolic OH excluding ortho intramolecular Hbond substituents is 1. The zero-order valence-corrected chi connectivity index (χ0v) is 9.20. The number of rotatable bonds is 0. The molecule has 78 valence electrons. The molecule has 0 fully saturated rings. The van der Waals surface area contributed by atoms with E-state index >= 15 is 0 Å². The number of fused-ring (bicyclic) bond motifs is 3. The highest BCUT2D eigenvalue weighted by atomic mass is 35.5. The number of aromatic hydroxyl groups is 1. The average Bonchev–Trinajstić information content (AvgIpc) is 2.29. The van der Waals surface area contributed by atoms with Crippen molar-refractivity contribution in [3.63, 3.8) is 0 Å². The van der Waals surface area contributed by atoms with Crippen molar-refractivity contribution in [2.24, 2.45) is 0 Å². The van der Waals surface area contributed by atoms with Crippen molar-refractivity contribution in [1.29, 1.82) is 0 Å². The Labute approximate surface area is 97.9 Å². The second-order valence-electron chi connectivity index (χ2n) is 3.81. The van der Waals surface area contributed by atoms with Crippen LogP contribution in [0.5, 0.6) is 5.75 Å². The highest BCUT2D eigenvalue weighted by Gasteiger charge is 2.05. The lowest BCUT2D eigenvalue weighted by Crippen LogP contribution is -1.79. The molecule has 0 aromatic heterocycles. The first kappa shape index (κ1) is 9.49. The topological polar surface area (TPSA) is 20.2 Å². The van der Waals surface area contributed by atoms with Crippen molar-refractivity contribution in [1.82, 2.24) is 0 Å². The molecule has 0 aliphatic rings. The minimum Gasteiger partial charge on any atom is -0.507 e. The Morgan fingerprint density at radius 3 is 2.50 bits per heavy atom. The highest BCUT2D eigenvalue weighted by Crippen LogP contribution is 2.33. The van der Waals surface area contributed by atoms with Crippen LogP contribution in [0.25, 0.3) is 21.5 Å². The Bertz CT molecular complexity index is 689. The van der Waals surface area contributed by atoms with Crippen LogP contribution in [0.4, 0.5) is 0 Å². The number of benzene rings is 3. The molecule has 3 rings (SSSR count). The second-order valence-corrected chi connectivity index (χ2v) is 4.24. The third-order valence-corrected chi connectivity index (χ3v) is 3.04. The smallest absolute Gasteiger partial charge is 0.124 e. The Morgan fingerprint density at radius 1 is 0.812 bits per heavy atom. The van der Waals surface area contributed by atoms with E-state index < -0.39 is 0 Å². The normalized spacial score (nSPS) is 11.1. The molecule has 0 aliphatic carbocycles. The molecule has 0 spiro atoms. The molecule has 3 aromatic carbocycles. The first-order valence-corrected chi connectivity index (χ1v) is 5.43. The minimum atomic E-state index is 0.297. The number of phenols is 1. The predicted molar refractivity (Wildman–Crippen MR) is 68.1 cm³/mol. The van der Waals surface area contributed by atoms with Gasteiger partial charge in [0.05, 0.1) is 0 Å². The molecule has 0 aliphatic heterocycles. The third kappa shape index (κ3) is 1.33. The van der Waals surface area contributed by atoms with Crippen molar-refractivity contribution >= 4 is 33.1 Å². The van der Waals surface area contributed by atoms with Gasteiger partial charge < -0.3 is 5.11 Å². The molecule has 0 saturated carbocycles. The van der Waals surface area contributed by atoms with Gasteiger partial charge in [-0.25, -0.2) is 0 Å². The fraction of sp³-hybridized carbons (Fsp3) is 0. The maximum atomic E-state index is 9.92. The van der Waals surface area contributed by atoms with Gasteiger partial charge in [0.1, 0.15) is 5.75 Å². The number of halogens is 1. The van der Waals surface area contributed by atoms with Crippen LogP contribution < -0.4 is 0 Å². The van der Waals surface area contributed by atoms with Crippen LogP contribution in [0.1, 0.15) is 0 Å². The number of hydrogen-bond acceptors (Lipinski definition) is 1. The summed E-state index contributed by atoms with van der Waals surface area (Å²) in [4.78, 5) is 0. The first-order valence-electron chi connectivity index (χ1n) is 5.06. The van der Waals surface area contributed by atoms with E-state index in [9.17, 15) is 5.11 Å². The van der Waals surface area contributed by atoms with Crippen LogP contribution in [0, 0.1) is 0 Å². The molecule has 0 bridgehead atoms. The molecule has 0 amide bonds. The standard InChI is InChI=1S/C14H9ClO/c15-10-5-6-12-13(8-10)11-4-2-1-3-9(11)7-14(12)16/h1-8,16H. The van der Waals surface area contributed by atoms with Crippen molar-refractivity contribution in [2.75, 3.05) is 0 Å². The van der Waals surface area contributed by atoms with E-state index in [-0.39, 0.29) is 0 Å². The Kier molecular flexibility index (Phi) is 2.01. The fourth-order valence-corrected chi connectivity index (χ4v) is 2.23. The largest absolute Gasteiger partial charge is 0.507 e. The van der Waals surface area contributed by atoms with Gasteiger partial charge in [-0.15, -0.1) is 0 Å². The molecule has 16 heavy (non-hydrogen) atoms. The molecule has 1 nitrogen and oxygen atoms in total. The van der Waals surface area contributed by atoms with Crippen molar-refractivity contribution in [3.05, 3.63) is 53.6 Å². The number of hydrogen-bond donors (Lipinski definition) is 1. The summed E-state index contributed by atoms with van der Waals surface area (Å²) in [6.45, 7) is 0. The summed E-state index contributed by atoms with van der Waals surface area (Å²) < 4.78 is 0. The van der Waals surface area contributed by atoms with E-state index in [4.69, 9.17) is 11.6 Å². The van der Waals surface area contributed by atoms with Crippen molar-refractivity contribution < 1.29 is 5.11 Å². The molecule has 0 radical (unpaired) electrons. The SMILES string of the molecule is Oc1cc2ccccc2c2cc(Cl)ccc12. The van der Waals surface area contributed by atoms with Gasteiger partial charge in [0, 0.05) is 10.4 Å². The molecular formula is C14H9ClO. The molecule has 0 saturated heterocycles. The van der Waals surface area contributed by atoms with Gasteiger partial charge >= 0.3 is 0 Å². The maximum Gasteiger partial charge on any atom is 0.124 e. The van der Waals surface area contributed by atoms with Crippen LogP contribution >= 0.6 is 11.6 Å². The van der Waals surface area contributed by atoms with Crippen LogP contribution in [-0.2, 0) is 0 Å². The summed E-state index contributed by atoms with van der Waals surface area (Å²) in [5, 5.41) is 14.6. The van der Waals surface area contributed by atoms with Crippen LogP contribution in [0.15, 0.2) is 48.5 Å². The molecular weight excluding hydrogens is 220 g/mol. The highest BCUT2D eigenvalue weighted by molar-refractivity contribution is 6.32. The van der Waals surface area contributed by atoms with Crippen molar-refractivity contribution in [3.8, 4) is 5.75 Å². The van der Waals surface area contributed by atoms with E-state index in [0.29, 0.717) is 10.8 Å². The van der Waals surface area contributed by atoms with Crippen LogP contribution in [0.2, 0.25) is 5.02 Å². The van der Waals surface area contributed by atoms with Crippen LogP contribution in [0.3, 0.4) is 0 Å². The molecule has 0 atom stereocenters. The quantitative estimate of drug-likeness (QED) is 0.567. The van der Waals surface area contributed by atoms with E-state index in [1.165, 1.54) is 0 Å². The lowest BCUT2D eigenvalue weighted by atomic mass is 10.0. The Balaban J connectivity index is 2.61. The van der Waals surface area contributed by atoms with Gasteiger partial charge in [-0.05, 0) is 40.4 Å². The second kappa shape index (κ2) is 3.39. The zero-order chi connectivity index (χ0) is 11.1. The summed E-state index contributed by atoms with van der Waals surface area (Å²) in [6.07, 6.45) is 0. The summed E-state index contributed by atoms with van der Waals surface area (Å²) in [5.74, 6) is 0.297. The molecule has 0 heterocycles. The van der Waals surface area contributed by atoms with Crippen molar-refractivity contribution in [2.45, 2.75) is 0 Å². The van der Waals surface area contributed by atoms with Gasteiger partial charge in [-0.1, -0.05) is 35.9 Å². The average molecular weight is 229 g/mol.